The Balaban J connectivity index is 1.20. The molecule has 1 aromatic heterocycles. The number of carbonyl (C=O) groups excluding carboxylic acids is 1. The third kappa shape index (κ3) is 6.59. The van der Waals surface area contributed by atoms with Gasteiger partial charge in [-0.05, 0) is 56.4 Å². The summed E-state index contributed by atoms with van der Waals surface area (Å²) in [5, 5.41) is 56.7. The van der Waals surface area contributed by atoms with E-state index in [2.05, 4.69) is 10.3 Å². The zero-order chi connectivity index (χ0) is 33.5. The molecule has 1 aromatic carbocycles. The second kappa shape index (κ2) is 13.1. The minimum absolute atomic E-state index is 0.00470. The summed E-state index contributed by atoms with van der Waals surface area (Å²) in [5.74, 6) is 1.10. The molecule has 5 heterocycles. The van der Waals surface area contributed by atoms with Crippen LogP contribution in [0.25, 0.3) is 11.0 Å². The molecule has 47 heavy (non-hydrogen) atoms. The van der Waals surface area contributed by atoms with E-state index >= 15 is 0 Å². The first-order valence-electron chi connectivity index (χ1n) is 15.8. The quantitative estimate of drug-likeness (QED) is 0.125. The summed E-state index contributed by atoms with van der Waals surface area (Å²) in [6.45, 7) is 2.30. The first kappa shape index (κ1) is 33.3. The van der Waals surface area contributed by atoms with Crippen molar-refractivity contribution in [1.82, 2.24) is 10.2 Å². The summed E-state index contributed by atoms with van der Waals surface area (Å²) in [6, 6.07) is 4.48. The number of fused-ring (bicyclic) bond motifs is 3. The first-order valence-corrected chi connectivity index (χ1v) is 15.8. The smallest absolute Gasteiger partial charge is 0.220 e. The van der Waals surface area contributed by atoms with E-state index < -0.39 is 48.8 Å². The molecule has 6 rings (SSSR count). The summed E-state index contributed by atoms with van der Waals surface area (Å²) in [7, 11) is 0. The number of β-amino-alcohol motifs (C(OH)–C–C–N with tert-alkyl or cyclic N) is 1. The maximum absolute atomic E-state index is 12.7. The zero-order valence-corrected chi connectivity index (χ0v) is 26.2. The molecule has 1 unspecified atom stereocenters. The van der Waals surface area contributed by atoms with Crippen molar-refractivity contribution in [3.8, 4) is 5.75 Å². The van der Waals surface area contributed by atoms with Gasteiger partial charge in [-0.15, -0.1) is 0 Å². The van der Waals surface area contributed by atoms with E-state index in [4.69, 9.17) is 18.9 Å². The molecular formula is C33H41N3O11. The summed E-state index contributed by atoms with van der Waals surface area (Å²) >= 11 is 0. The lowest BCUT2D eigenvalue weighted by Crippen LogP contribution is -2.64. The number of aliphatic imine (C=N–C) groups is 1. The van der Waals surface area contributed by atoms with E-state index in [1.54, 1.807) is 48.5 Å². The van der Waals surface area contributed by atoms with Crippen LogP contribution < -0.4 is 15.5 Å². The van der Waals surface area contributed by atoms with E-state index in [1.807, 2.05) is 6.92 Å². The van der Waals surface area contributed by atoms with Gasteiger partial charge in [0, 0.05) is 43.9 Å². The van der Waals surface area contributed by atoms with Crippen molar-refractivity contribution >= 4 is 22.6 Å². The summed E-state index contributed by atoms with van der Waals surface area (Å²) in [4.78, 5) is 41.9. The van der Waals surface area contributed by atoms with Crippen LogP contribution in [0.4, 0.5) is 0 Å². The van der Waals surface area contributed by atoms with Gasteiger partial charge in [-0.3, -0.25) is 14.6 Å². The van der Waals surface area contributed by atoms with E-state index in [1.165, 1.54) is 6.07 Å². The van der Waals surface area contributed by atoms with Crippen LogP contribution in [0.5, 0.6) is 5.75 Å². The molecule has 1 saturated heterocycles. The number of ether oxygens (including phenoxy) is 1. The minimum atomic E-state index is -2.37. The van der Waals surface area contributed by atoms with Crippen LogP contribution in [0.2, 0.25) is 0 Å². The Bertz CT molecular complexity index is 1660. The van der Waals surface area contributed by atoms with Crippen molar-refractivity contribution in [2.75, 3.05) is 26.3 Å². The number of nitrogens with zero attached hydrogens (tertiary/aromatic N) is 2. The van der Waals surface area contributed by atoms with E-state index in [0.717, 1.165) is 0 Å². The van der Waals surface area contributed by atoms with Crippen LogP contribution in [0.15, 0.2) is 57.0 Å². The largest absolute Gasteiger partial charge is 0.484 e. The average Bonchev–Trinajstić information content (AvgIpc) is 3.77. The Kier molecular flexibility index (Phi) is 9.28. The van der Waals surface area contributed by atoms with E-state index in [-0.39, 0.29) is 36.3 Å². The lowest BCUT2D eigenvalue weighted by molar-refractivity contribution is -0.365. The highest BCUT2D eigenvalue weighted by Gasteiger charge is 2.49. The molecule has 0 radical (unpaired) electrons. The van der Waals surface area contributed by atoms with Crippen molar-refractivity contribution < 1.29 is 49.3 Å². The van der Waals surface area contributed by atoms with Crippen molar-refractivity contribution in [3.05, 3.63) is 64.3 Å². The molecule has 1 fully saturated rings. The fraction of sp³-hybridized carbons (Fsp3) is 0.545. The second-order valence-electron chi connectivity index (χ2n) is 13.1. The van der Waals surface area contributed by atoms with Gasteiger partial charge in [0.25, 0.3) is 0 Å². The molecule has 14 nitrogen and oxygen atoms in total. The highest BCUT2D eigenvalue weighted by molar-refractivity contribution is 6.04. The number of hydrogen-bond acceptors (Lipinski definition) is 13. The number of carbonyl (C=O) groups is 1. The minimum Gasteiger partial charge on any atom is -0.484 e. The van der Waals surface area contributed by atoms with Crippen LogP contribution in [0, 0.1) is 12.8 Å². The van der Waals surface area contributed by atoms with Crippen LogP contribution >= 0.6 is 0 Å². The van der Waals surface area contributed by atoms with Crippen LogP contribution in [-0.2, 0) is 21.0 Å². The molecule has 6 N–H and O–H groups in total. The molecule has 4 aliphatic rings. The lowest BCUT2D eigenvalue weighted by Gasteiger charge is -2.43. The average molecular weight is 656 g/mol. The van der Waals surface area contributed by atoms with Crippen molar-refractivity contribution in [2.24, 2.45) is 10.9 Å². The normalized spacial score (nSPS) is 28.0. The molecule has 8 atom stereocenters. The van der Waals surface area contributed by atoms with Gasteiger partial charge >= 0.3 is 0 Å². The topological polar surface area (TPSA) is 204 Å². The summed E-state index contributed by atoms with van der Waals surface area (Å²) < 4.78 is 12.3. The molecule has 0 spiro atoms. The molecule has 0 saturated carbocycles. The molecule has 14 heteroatoms. The summed E-state index contributed by atoms with van der Waals surface area (Å²) in [6.07, 6.45) is 2.33. The predicted molar refractivity (Wildman–Crippen MR) is 167 cm³/mol. The van der Waals surface area contributed by atoms with Crippen LogP contribution in [-0.4, -0.2) is 110 Å². The molecule has 0 aliphatic carbocycles. The number of nitrogens with one attached hydrogen (secondary N) is 1. The fourth-order valence-electron chi connectivity index (χ4n) is 6.72. The lowest BCUT2D eigenvalue weighted by atomic mass is 9.83. The molecule has 0 bridgehead atoms. The number of benzene rings is 1. The van der Waals surface area contributed by atoms with Crippen LogP contribution in [0.1, 0.15) is 37.5 Å². The predicted octanol–water partition coefficient (Wildman–Crippen LogP) is 0.000420. The van der Waals surface area contributed by atoms with Gasteiger partial charge in [-0.25, -0.2) is 9.78 Å². The number of aliphatic hydroxyl groups excluding tert-OH is 4. The monoisotopic (exact) mass is 655 g/mol. The van der Waals surface area contributed by atoms with E-state index in [9.17, 15) is 35.1 Å². The third-order valence-corrected chi connectivity index (χ3v) is 9.65. The van der Waals surface area contributed by atoms with Gasteiger partial charge in [-0.2, -0.15) is 0 Å². The number of aryl methyl sites for hydroxylation is 1. The maximum atomic E-state index is 12.7. The number of rotatable bonds is 13. The highest BCUT2D eigenvalue weighted by Crippen LogP contribution is 2.40. The number of hydrogen-bond donors (Lipinski definition) is 6. The van der Waals surface area contributed by atoms with Gasteiger partial charge < -0.3 is 44.9 Å². The maximum Gasteiger partial charge on any atom is 0.220 e. The van der Waals surface area contributed by atoms with Crippen LogP contribution in [0.3, 0.4) is 0 Å². The van der Waals surface area contributed by atoms with E-state index in [0.29, 0.717) is 59.6 Å². The molecular weight excluding hydrogens is 614 g/mol. The van der Waals surface area contributed by atoms with Gasteiger partial charge in [0.1, 0.15) is 59.3 Å². The van der Waals surface area contributed by atoms with Gasteiger partial charge in [0.05, 0.1) is 30.3 Å². The molecule has 4 aliphatic heterocycles. The molecule has 1 amide bonds. The SMILES string of the molecule is Cc1cc(=O)c2cc3c(cc2o1)O[C@](C)(CC[C@H]1CNC(=O)C1)[C@H](OOC[C@H](O)[C@](O)(CN1C=CC2=NC=CC21)[C@H](O)[C@H](O)CO)C3. The standard InChI is InChI=1S/C33H41N3O11/c1-18-9-24(38)21-11-20-12-29(32(2,46-26(20)13-27(21)45-18)6-3-19-10-30(41)35-14-19)47-44-16-28(40)33(43,31(42)25(39)15-37)17-36-8-5-22-23(36)4-7-34-22/h4-5,7-9,11,13,19,23,25,28-29,31,37,39-40,42-43H,3,6,10,12,14-17H2,1-2H3,(H,35,41)/t19-,23?,25-,28+,29-,31-,32-,33-/m1/s1. The Hall–Kier alpha value is -3.63. The fourth-order valence-corrected chi connectivity index (χ4v) is 6.72. The van der Waals surface area contributed by atoms with Crippen molar-refractivity contribution in [1.29, 1.82) is 0 Å². The Labute approximate surface area is 270 Å². The third-order valence-electron chi connectivity index (χ3n) is 9.65. The van der Waals surface area contributed by atoms with Crippen molar-refractivity contribution in [2.45, 2.75) is 81.2 Å². The zero-order valence-electron chi connectivity index (χ0n) is 26.2. The van der Waals surface area contributed by atoms with Gasteiger partial charge in [0.15, 0.2) is 5.43 Å². The molecule has 254 valence electrons. The Morgan fingerprint density at radius 2 is 2.02 bits per heavy atom. The van der Waals surface area contributed by atoms with Crippen molar-refractivity contribution in [3.63, 3.8) is 0 Å². The Morgan fingerprint density at radius 3 is 2.77 bits per heavy atom. The number of aliphatic hydroxyl groups is 5. The second-order valence-corrected chi connectivity index (χ2v) is 13.1. The Morgan fingerprint density at radius 1 is 1.21 bits per heavy atom. The first-order chi connectivity index (χ1) is 22.4. The molecule has 2 aromatic rings. The summed E-state index contributed by atoms with van der Waals surface area (Å²) in [5.41, 5.74) is -1.75. The van der Waals surface area contributed by atoms with Gasteiger partial charge in [-0.1, -0.05) is 0 Å². The van der Waals surface area contributed by atoms with Gasteiger partial charge in [0.2, 0.25) is 5.91 Å². The highest BCUT2D eigenvalue weighted by atomic mass is 17.2. The number of amides is 1.